The molecule has 0 saturated heterocycles. The van der Waals surface area contributed by atoms with Crippen molar-refractivity contribution in [2.75, 3.05) is 6.61 Å². The lowest BCUT2D eigenvalue weighted by molar-refractivity contribution is -0.141. The summed E-state index contributed by atoms with van der Waals surface area (Å²) in [5, 5.41) is 11.7. The van der Waals surface area contributed by atoms with E-state index in [1.807, 2.05) is 0 Å². The number of rotatable bonds is 6. The van der Waals surface area contributed by atoms with Crippen LogP contribution in [0.3, 0.4) is 0 Å². The quantitative estimate of drug-likeness (QED) is 0.846. The fourth-order valence-electron chi connectivity index (χ4n) is 1.20. The number of carbonyl (C=O) groups excluding carboxylic acids is 1. The van der Waals surface area contributed by atoms with E-state index in [0.29, 0.717) is 15.8 Å². The highest BCUT2D eigenvalue weighted by atomic mass is 35.5. The van der Waals surface area contributed by atoms with Gasteiger partial charge in [0.25, 0.3) is 0 Å². The van der Waals surface area contributed by atoms with Crippen molar-refractivity contribution < 1.29 is 19.4 Å². The SMILES string of the molecule is C[C@H](NC(=O)CCOc1ccc(Cl)c(Cl)c1)C(=O)O. The number of carboxylic acids is 1. The Balaban J connectivity index is 2.35. The Morgan fingerprint density at radius 2 is 2.05 bits per heavy atom. The minimum absolute atomic E-state index is 0.0534. The minimum atomic E-state index is -1.08. The van der Waals surface area contributed by atoms with E-state index in [9.17, 15) is 9.59 Å². The maximum Gasteiger partial charge on any atom is 0.325 e. The van der Waals surface area contributed by atoms with E-state index in [-0.39, 0.29) is 13.0 Å². The third-order valence-electron chi connectivity index (χ3n) is 2.24. The first-order chi connectivity index (χ1) is 8.90. The molecule has 0 heterocycles. The maximum atomic E-state index is 11.4. The van der Waals surface area contributed by atoms with E-state index in [1.165, 1.54) is 6.92 Å². The molecule has 0 fully saturated rings. The number of benzene rings is 1. The zero-order chi connectivity index (χ0) is 14.4. The van der Waals surface area contributed by atoms with Gasteiger partial charge < -0.3 is 15.2 Å². The Bertz CT molecular complexity index is 479. The van der Waals surface area contributed by atoms with Gasteiger partial charge in [-0.3, -0.25) is 9.59 Å². The summed E-state index contributed by atoms with van der Waals surface area (Å²) >= 11 is 11.5. The number of ether oxygens (including phenoxy) is 1. The van der Waals surface area contributed by atoms with Crippen molar-refractivity contribution in [1.29, 1.82) is 0 Å². The molecule has 1 rings (SSSR count). The highest BCUT2D eigenvalue weighted by molar-refractivity contribution is 6.42. The molecule has 0 aromatic heterocycles. The Morgan fingerprint density at radius 1 is 1.37 bits per heavy atom. The lowest BCUT2D eigenvalue weighted by Crippen LogP contribution is -2.38. The molecule has 0 aliphatic carbocycles. The van der Waals surface area contributed by atoms with E-state index in [2.05, 4.69) is 5.32 Å². The van der Waals surface area contributed by atoms with Gasteiger partial charge in [-0.25, -0.2) is 0 Å². The highest BCUT2D eigenvalue weighted by Crippen LogP contribution is 2.26. The van der Waals surface area contributed by atoms with E-state index < -0.39 is 17.9 Å². The van der Waals surface area contributed by atoms with Gasteiger partial charge in [0.2, 0.25) is 5.91 Å². The molecule has 1 aromatic rings. The molecule has 0 bridgehead atoms. The standard InChI is InChI=1S/C12H13Cl2NO4/c1-7(12(17)18)15-11(16)4-5-19-8-2-3-9(13)10(14)6-8/h2-3,6-7H,4-5H2,1H3,(H,15,16)(H,17,18)/t7-/m0/s1. The normalized spacial score (nSPS) is 11.7. The van der Waals surface area contributed by atoms with Gasteiger partial charge in [-0.2, -0.15) is 0 Å². The Morgan fingerprint density at radius 3 is 2.63 bits per heavy atom. The van der Waals surface area contributed by atoms with Crippen molar-refractivity contribution in [3.63, 3.8) is 0 Å². The number of halogens is 2. The largest absolute Gasteiger partial charge is 0.493 e. The molecule has 1 atom stereocenters. The predicted octanol–water partition coefficient (Wildman–Crippen LogP) is 2.35. The summed E-state index contributed by atoms with van der Waals surface area (Å²) in [5.41, 5.74) is 0. The molecule has 0 saturated carbocycles. The summed E-state index contributed by atoms with van der Waals surface area (Å²) in [4.78, 5) is 21.9. The zero-order valence-corrected chi connectivity index (χ0v) is 11.7. The molecule has 5 nitrogen and oxygen atoms in total. The third kappa shape index (κ3) is 5.36. The summed E-state index contributed by atoms with van der Waals surface area (Å²) in [6.45, 7) is 1.51. The molecule has 19 heavy (non-hydrogen) atoms. The van der Waals surface area contributed by atoms with Crippen molar-refractivity contribution in [1.82, 2.24) is 5.32 Å². The van der Waals surface area contributed by atoms with Crippen LogP contribution in [0.5, 0.6) is 5.75 Å². The molecule has 7 heteroatoms. The van der Waals surface area contributed by atoms with Crippen LogP contribution in [0.2, 0.25) is 10.0 Å². The van der Waals surface area contributed by atoms with Gasteiger partial charge in [0.05, 0.1) is 23.1 Å². The fourth-order valence-corrected chi connectivity index (χ4v) is 1.49. The predicted molar refractivity (Wildman–Crippen MR) is 71.8 cm³/mol. The lowest BCUT2D eigenvalue weighted by atomic mass is 10.3. The molecular formula is C12H13Cl2NO4. The number of amides is 1. The van der Waals surface area contributed by atoms with E-state index >= 15 is 0 Å². The van der Waals surface area contributed by atoms with Gasteiger partial charge in [-0.15, -0.1) is 0 Å². The molecule has 1 amide bonds. The Hall–Kier alpha value is -1.46. The smallest absolute Gasteiger partial charge is 0.325 e. The van der Waals surface area contributed by atoms with Gasteiger partial charge in [-0.1, -0.05) is 23.2 Å². The second kappa shape index (κ2) is 7.21. The average Bonchev–Trinajstić information content (AvgIpc) is 2.33. The summed E-state index contributed by atoms with van der Waals surface area (Å²) in [7, 11) is 0. The first kappa shape index (κ1) is 15.6. The number of carboxylic acid groups (broad SMARTS) is 1. The number of hydrogen-bond donors (Lipinski definition) is 2. The summed E-state index contributed by atoms with van der Waals surface area (Å²) in [6, 6.07) is 3.84. The number of carbonyl (C=O) groups is 2. The molecule has 1 aromatic carbocycles. The highest BCUT2D eigenvalue weighted by Gasteiger charge is 2.13. The van der Waals surface area contributed by atoms with E-state index in [0.717, 1.165) is 0 Å². The van der Waals surface area contributed by atoms with E-state index in [1.54, 1.807) is 18.2 Å². The van der Waals surface area contributed by atoms with Crippen LogP contribution >= 0.6 is 23.2 Å². The monoisotopic (exact) mass is 305 g/mol. The van der Waals surface area contributed by atoms with Crippen molar-refractivity contribution in [2.45, 2.75) is 19.4 Å². The second-order valence-corrected chi connectivity index (χ2v) is 4.62. The molecule has 2 N–H and O–H groups in total. The Labute approximate surface area is 120 Å². The van der Waals surface area contributed by atoms with Crippen molar-refractivity contribution in [2.24, 2.45) is 0 Å². The first-order valence-electron chi connectivity index (χ1n) is 5.50. The fraction of sp³-hybridized carbons (Fsp3) is 0.333. The van der Waals surface area contributed by atoms with Crippen LogP contribution in [-0.4, -0.2) is 29.6 Å². The molecular weight excluding hydrogens is 293 g/mol. The van der Waals surface area contributed by atoms with Crippen molar-refractivity contribution in [3.8, 4) is 5.75 Å². The Kier molecular flexibility index (Phi) is 5.92. The van der Waals surface area contributed by atoms with E-state index in [4.69, 9.17) is 33.0 Å². The zero-order valence-electron chi connectivity index (χ0n) is 10.2. The molecule has 0 aliphatic heterocycles. The van der Waals surface area contributed by atoms with Gasteiger partial charge in [-0.05, 0) is 19.1 Å². The number of aliphatic carboxylic acids is 1. The van der Waals surface area contributed by atoms with Gasteiger partial charge in [0.15, 0.2) is 0 Å². The molecule has 104 valence electrons. The first-order valence-corrected chi connectivity index (χ1v) is 6.25. The summed E-state index contributed by atoms with van der Waals surface area (Å²) in [5.74, 6) is -0.984. The molecule has 0 aliphatic rings. The van der Waals surface area contributed by atoms with Crippen LogP contribution in [0.4, 0.5) is 0 Å². The van der Waals surface area contributed by atoms with Gasteiger partial charge in [0.1, 0.15) is 11.8 Å². The third-order valence-corrected chi connectivity index (χ3v) is 2.98. The summed E-state index contributed by atoms with van der Waals surface area (Å²) in [6.07, 6.45) is 0.0534. The van der Waals surface area contributed by atoms with Crippen LogP contribution in [-0.2, 0) is 9.59 Å². The van der Waals surface area contributed by atoms with Crippen molar-refractivity contribution >= 4 is 35.1 Å². The topological polar surface area (TPSA) is 75.6 Å². The number of nitrogens with one attached hydrogen (secondary N) is 1. The molecule has 0 radical (unpaired) electrons. The average molecular weight is 306 g/mol. The lowest BCUT2D eigenvalue weighted by Gasteiger charge is -2.10. The molecule has 0 spiro atoms. The van der Waals surface area contributed by atoms with Crippen molar-refractivity contribution in [3.05, 3.63) is 28.2 Å². The van der Waals surface area contributed by atoms with Gasteiger partial charge >= 0.3 is 5.97 Å². The van der Waals surface area contributed by atoms with Crippen LogP contribution in [0.25, 0.3) is 0 Å². The maximum absolute atomic E-state index is 11.4. The second-order valence-electron chi connectivity index (χ2n) is 3.80. The van der Waals surface area contributed by atoms with Crippen LogP contribution in [0.15, 0.2) is 18.2 Å². The van der Waals surface area contributed by atoms with Gasteiger partial charge in [0, 0.05) is 6.07 Å². The minimum Gasteiger partial charge on any atom is -0.493 e. The molecule has 0 unspecified atom stereocenters. The summed E-state index contributed by atoms with van der Waals surface area (Å²) < 4.78 is 5.30. The number of hydrogen-bond acceptors (Lipinski definition) is 3. The van der Waals surface area contributed by atoms with Crippen LogP contribution in [0.1, 0.15) is 13.3 Å². The van der Waals surface area contributed by atoms with Crippen LogP contribution < -0.4 is 10.1 Å². The van der Waals surface area contributed by atoms with Crippen LogP contribution in [0, 0.1) is 0 Å².